The van der Waals surface area contributed by atoms with E-state index in [1.807, 2.05) is 19.2 Å². The molecule has 1 aromatic rings. The second-order valence-corrected chi connectivity index (χ2v) is 5.81. The molecule has 3 heterocycles. The fourth-order valence-electron chi connectivity index (χ4n) is 3.30. The zero-order valence-corrected chi connectivity index (χ0v) is 11.8. The van der Waals surface area contributed by atoms with E-state index in [1.54, 1.807) is 0 Å². The molecule has 5 nitrogen and oxygen atoms in total. The Labute approximate surface area is 114 Å². The highest BCUT2D eigenvalue weighted by Crippen LogP contribution is 2.28. The molecule has 0 spiro atoms. The first kappa shape index (κ1) is 12.8. The van der Waals surface area contributed by atoms with Crippen molar-refractivity contribution in [3.05, 3.63) is 18.1 Å². The molecule has 3 rings (SSSR count). The van der Waals surface area contributed by atoms with Crippen LogP contribution in [0.4, 0.5) is 5.82 Å². The first-order valence-electron chi connectivity index (χ1n) is 7.27. The lowest BCUT2D eigenvalue weighted by Crippen LogP contribution is -2.44. The van der Waals surface area contributed by atoms with Crippen LogP contribution in [0, 0.1) is 18.8 Å². The molecule has 0 saturated carbocycles. The van der Waals surface area contributed by atoms with Crippen LogP contribution in [0.3, 0.4) is 0 Å². The molecule has 0 radical (unpaired) electrons. The number of piperidine rings is 1. The SMILES string of the molecule is Cc1nccc(N2CCC(C3NNCC3C)CC2)n1. The number of hydrazine groups is 1. The molecule has 104 valence electrons. The summed E-state index contributed by atoms with van der Waals surface area (Å²) >= 11 is 0. The van der Waals surface area contributed by atoms with Crippen LogP contribution < -0.4 is 15.8 Å². The molecule has 5 heteroatoms. The Morgan fingerprint density at radius 3 is 2.74 bits per heavy atom. The van der Waals surface area contributed by atoms with Gasteiger partial charge in [-0.15, -0.1) is 0 Å². The van der Waals surface area contributed by atoms with Crippen LogP contribution >= 0.6 is 0 Å². The summed E-state index contributed by atoms with van der Waals surface area (Å²) in [5.41, 5.74) is 6.73. The van der Waals surface area contributed by atoms with E-state index in [1.165, 1.54) is 12.8 Å². The van der Waals surface area contributed by atoms with Crippen molar-refractivity contribution in [2.24, 2.45) is 11.8 Å². The molecule has 2 aliphatic heterocycles. The number of anilines is 1. The molecule has 2 fully saturated rings. The van der Waals surface area contributed by atoms with Gasteiger partial charge in [-0.3, -0.25) is 10.9 Å². The zero-order chi connectivity index (χ0) is 13.2. The number of aromatic nitrogens is 2. The molecule has 0 bridgehead atoms. The first-order chi connectivity index (χ1) is 9.24. The van der Waals surface area contributed by atoms with Gasteiger partial charge in [-0.25, -0.2) is 9.97 Å². The minimum absolute atomic E-state index is 0.634. The second-order valence-electron chi connectivity index (χ2n) is 5.81. The van der Waals surface area contributed by atoms with Gasteiger partial charge in [-0.05, 0) is 37.7 Å². The van der Waals surface area contributed by atoms with Crippen molar-refractivity contribution in [1.29, 1.82) is 0 Å². The van der Waals surface area contributed by atoms with Gasteiger partial charge < -0.3 is 4.90 Å². The minimum Gasteiger partial charge on any atom is -0.356 e. The van der Waals surface area contributed by atoms with Gasteiger partial charge in [0.25, 0.3) is 0 Å². The van der Waals surface area contributed by atoms with Crippen LogP contribution in [-0.2, 0) is 0 Å². The first-order valence-corrected chi connectivity index (χ1v) is 7.27. The highest BCUT2D eigenvalue weighted by atomic mass is 15.4. The number of hydrogen-bond donors (Lipinski definition) is 2. The van der Waals surface area contributed by atoms with Crippen molar-refractivity contribution in [3.63, 3.8) is 0 Å². The molecule has 19 heavy (non-hydrogen) atoms. The lowest BCUT2D eigenvalue weighted by atomic mass is 9.84. The van der Waals surface area contributed by atoms with E-state index in [2.05, 4.69) is 32.6 Å². The quantitative estimate of drug-likeness (QED) is 0.835. The van der Waals surface area contributed by atoms with Crippen molar-refractivity contribution in [1.82, 2.24) is 20.8 Å². The Balaban J connectivity index is 1.60. The highest BCUT2D eigenvalue weighted by molar-refractivity contribution is 5.37. The maximum absolute atomic E-state index is 4.52. The van der Waals surface area contributed by atoms with Crippen molar-refractivity contribution >= 4 is 5.82 Å². The third-order valence-corrected chi connectivity index (χ3v) is 4.44. The van der Waals surface area contributed by atoms with Crippen LogP contribution in [0.1, 0.15) is 25.6 Å². The van der Waals surface area contributed by atoms with Crippen molar-refractivity contribution < 1.29 is 0 Å². The summed E-state index contributed by atoms with van der Waals surface area (Å²) in [5.74, 6) is 3.45. The molecule has 2 unspecified atom stereocenters. The standard InChI is InChI=1S/C14H23N5/c1-10-9-16-18-14(10)12-4-7-19(8-5-12)13-3-6-15-11(2)17-13/h3,6,10,12,14,16,18H,4-5,7-9H2,1-2H3. The minimum atomic E-state index is 0.634. The molecule has 1 aromatic heterocycles. The summed E-state index contributed by atoms with van der Waals surface area (Å²) in [6.07, 6.45) is 4.34. The molecule has 2 aliphatic rings. The molecular weight excluding hydrogens is 238 g/mol. The highest BCUT2D eigenvalue weighted by Gasteiger charge is 2.33. The maximum Gasteiger partial charge on any atom is 0.132 e. The van der Waals surface area contributed by atoms with Gasteiger partial charge >= 0.3 is 0 Å². The van der Waals surface area contributed by atoms with Gasteiger partial charge in [0.15, 0.2) is 0 Å². The van der Waals surface area contributed by atoms with Gasteiger partial charge in [-0.2, -0.15) is 0 Å². The average molecular weight is 261 g/mol. The lowest BCUT2D eigenvalue weighted by Gasteiger charge is -2.36. The van der Waals surface area contributed by atoms with E-state index in [0.29, 0.717) is 6.04 Å². The predicted molar refractivity (Wildman–Crippen MR) is 75.8 cm³/mol. The summed E-state index contributed by atoms with van der Waals surface area (Å²) in [5, 5.41) is 0. The molecule has 2 atom stereocenters. The van der Waals surface area contributed by atoms with Gasteiger partial charge in [0.2, 0.25) is 0 Å². The monoisotopic (exact) mass is 261 g/mol. The summed E-state index contributed by atoms with van der Waals surface area (Å²) in [4.78, 5) is 11.1. The van der Waals surface area contributed by atoms with E-state index < -0.39 is 0 Å². The van der Waals surface area contributed by atoms with E-state index in [-0.39, 0.29) is 0 Å². The van der Waals surface area contributed by atoms with Crippen molar-refractivity contribution in [2.75, 3.05) is 24.5 Å². The van der Waals surface area contributed by atoms with Gasteiger partial charge in [0, 0.05) is 31.9 Å². The van der Waals surface area contributed by atoms with Crippen LogP contribution in [0.15, 0.2) is 12.3 Å². The third kappa shape index (κ3) is 2.72. The summed E-state index contributed by atoms with van der Waals surface area (Å²) in [6, 6.07) is 2.65. The van der Waals surface area contributed by atoms with Crippen LogP contribution in [-0.4, -0.2) is 35.6 Å². The third-order valence-electron chi connectivity index (χ3n) is 4.44. The normalized spacial score (nSPS) is 28.8. The molecule has 2 N–H and O–H groups in total. The Bertz CT molecular complexity index is 428. The molecule has 0 amide bonds. The number of aryl methyl sites for hydroxylation is 1. The predicted octanol–water partition coefficient (Wildman–Crippen LogP) is 1.11. The molecule has 0 aliphatic carbocycles. The average Bonchev–Trinajstić information content (AvgIpc) is 2.85. The number of rotatable bonds is 2. The molecule has 2 saturated heterocycles. The van der Waals surface area contributed by atoms with E-state index in [4.69, 9.17) is 0 Å². The smallest absolute Gasteiger partial charge is 0.132 e. The number of nitrogens with one attached hydrogen (secondary N) is 2. The number of hydrogen-bond acceptors (Lipinski definition) is 5. The van der Waals surface area contributed by atoms with Crippen LogP contribution in [0.2, 0.25) is 0 Å². The van der Waals surface area contributed by atoms with Gasteiger partial charge in [-0.1, -0.05) is 6.92 Å². The van der Waals surface area contributed by atoms with E-state index in [9.17, 15) is 0 Å². The Hall–Kier alpha value is -1.20. The summed E-state index contributed by atoms with van der Waals surface area (Å²) < 4.78 is 0. The fourth-order valence-corrected chi connectivity index (χ4v) is 3.30. The fraction of sp³-hybridized carbons (Fsp3) is 0.714. The Morgan fingerprint density at radius 1 is 1.32 bits per heavy atom. The van der Waals surface area contributed by atoms with Crippen LogP contribution in [0.25, 0.3) is 0 Å². The largest absolute Gasteiger partial charge is 0.356 e. The van der Waals surface area contributed by atoms with Crippen molar-refractivity contribution in [3.8, 4) is 0 Å². The topological polar surface area (TPSA) is 53.1 Å². The van der Waals surface area contributed by atoms with Crippen molar-refractivity contribution in [2.45, 2.75) is 32.7 Å². The van der Waals surface area contributed by atoms with E-state index in [0.717, 1.165) is 43.1 Å². The Kier molecular flexibility index (Phi) is 3.66. The van der Waals surface area contributed by atoms with Crippen LogP contribution in [0.5, 0.6) is 0 Å². The lowest BCUT2D eigenvalue weighted by molar-refractivity contribution is 0.276. The maximum atomic E-state index is 4.52. The van der Waals surface area contributed by atoms with E-state index >= 15 is 0 Å². The second kappa shape index (κ2) is 5.43. The van der Waals surface area contributed by atoms with Gasteiger partial charge in [0.1, 0.15) is 11.6 Å². The molecule has 0 aromatic carbocycles. The number of nitrogens with zero attached hydrogens (tertiary/aromatic N) is 3. The zero-order valence-electron chi connectivity index (χ0n) is 11.8. The summed E-state index contributed by atoms with van der Waals surface area (Å²) in [6.45, 7) is 7.58. The van der Waals surface area contributed by atoms with Gasteiger partial charge in [0.05, 0.1) is 0 Å². The summed E-state index contributed by atoms with van der Waals surface area (Å²) in [7, 11) is 0. The Morgan fingerprint density at radius 2 is 2.11 bits per heavy atom. The molecular formula is C14H23N5.